The highest BCUT2D eigenvalue weighted by atomic mass is 32.2. The summed E-state index contributed by atoms with van der Waals surface area (Å²) in [6.45, 7) is 3.58. The lowest BCUT2D eigenvalue weighted by Gasteiger charge is -2.22. The lowest BCUT2D eigenvalue weighted by Crippen LogP contribution is -2.39. The molecular weight excluding hydrogens is 262 g/mol. The molecule has 2 N–H and O–H groups in total. The van der Waals surface area contributed by atoms with Gasteiger partial charge in [-0.3, -0.25) is 0 Å². The Hall–Kier alpha value is -1.17. The molecule has 0 heterocycles. The predicted octanol–water partition coefficient (Wildman–Crippen LogP) is 2.13. The molecule has 0 radical (unpaired) electrons. The maximum atomic E-state index is 11.7. The molecule has 0 saturated carbocycles. The van der Waals surface area contributed by atoms with Gasteiger partial charge in [-0.2, -0.15) is 0 Å². The van der Waals surface area contributed by atoms with Crippen LogP contribution in [0.25, 0.3) is 6.08 Å². The highest BCUT2D eigenvalue weighted by molar-refractivity contribution is 7.92. The van der Waals surface area contributed by atoms with Crippen molar-refractivity contribution >= 4 is 16.1 Å². The van der Waals surface area contributed by atoms with Crippen LogP contribution in [0, 0.1) is 0 Å². The highest BCUT2D eigenvalue weighted by Gasteiger charge is 2.21. The Kier molecular flexibility index (Phi) is 5.72. The van der Waals surface area contributed by atoms with Crippen molar-refractivity contribution < 1.29 is 13.5 Å². The molecule has 5 heteroatoms. The van der Waals surface area contributed by atoms with Crippen LogP contribution in [0.15, 0.2) is 35.7 Å². The fourth-order valence-corrected chi connectivity index (χ4v) is 2.61. The topological polar surface area (TPSA) is 66.4 Å². The molecule has 0 aliphatic carbocycles. The third kappa shape index (κ3) is 6.52. The van der Waals surface area contributed by atoms with Gasteiger partial charge in [0.2, 0.25) is 10.0 Å². The second-order valence-electron chi connectivity index (χ2n) is 4.83. The van der Waals surface area contributed by atoms with Gasteiger partial charge < -0.3 is 5.11 Å². The van der Waals surface area contributed by atoms with Gasteiger partial charge in [-0.05, 0) is 25.0 Å². The molecule has 0 bridgehead atoms. The van der Waals surface area contributed by atoms with E-state index in [2.05, 4.69) is 4.72 Å². The molecule has 0 aliphatic rings. The third-order valence-corrected chi connectivity index (χ3v) is 3.72. The van der Waals surface area contributed by atoms with E-state index < -0.39 is 15.6 Å². The van der Waals surface area contributed by atoms with Crippen LogP contribution < -0.4 is 4.72 Å². The number of sulfonamides is 1. The monoisotopic (exact) mass is 283 g/mol. The van der Waals surface area contributed by atoms with Crippen molar-refractivity contribution in [3.63, 3.8) is 0 Å². The van der Waals surface area contributed by atoms with E-state index in [0.29, 0.717) is 6.42 Å². The molecule has 1 atom stereocenters. The van der Waals surface area contributed by atoms with E-state index in [1.54, 1.807) is 6.92 Å². The molecule has 1 rings (SSSR count). The Balaban J connectivity index is 2.60. The molecule has 4 nitrogen and oxygen atoms in total. The summed E-state index contributed by atoms with van der Waals surface area (Å²) in [6.07, 6.45) is 2.88. The highest BCUT2D eigenvalue weighted by Crippen LogP contribution is 2.11. The summed E-state index contributed by atoms with van der Waals surface area (Å²) in [4.78, 5) is 0. The van der Waals surface area contributed by atoms with Crippen molar-refractivity contribution in [1.82, 2.24) is 4.72 Å². The third-order valence-electron chi connectivity index (χ3n) is 2.68. The molecule has 0 saturated heterocycles. The smallest absolute Gasteiger partial charge is 0.233 e. The van der Waals surface area contributed by atoms with Crippen molar-refractivity contribution in [2.24, 2.45) is 0 Å². The Bertz CT molecular complexity index is 507. The van der Waals surface area contributed by atoms with Crippen LogP contribution in [0.3, 0.4) is 0 Å². The molecule has 0 fully saturated rings. The van der Waals surface area contributed by atoms with Crippen LogP contribution in [0.2, 0.25) is 0 Å². The molecule has 106 valence electrons. The minimum Gasteiger partial charge on any atom is -0.389 e. The standard InChI is InChI=1S/C14H21NO3S/c1-3-10-14(2,16)12-15-19(17,18)11-9-13-7-5-4-6-8-13/h4-9,11,15-16H,3,10,12H2,1-2H3/b11-9+. The van der Waals surface area contributed by atoms with E-state index >= 15 is 0 Å². The molecule has 0 amide bonds. The van der Waals surface area contributed by atoms with Gasteiger partial charge in [-0.1, -0.05) is 43.7 Å². The zero-order chi connectivity index (χ0) is 14.4. The normalized spacial score (nSPS) is 15.5. The number of rotatable bonds is 7. The lowest BCUT2D eigenvalue weighted by molar-refractivity contribution is 0.0555. The summed E-state index contributed by atoms with van der Waals surface area (Å²) >= 11 is 0. The summed E-state index contributed by atoms with van der Waals surface area (Å²) in [7, 11) is -3.52. The van der Waals surface area contributed by atoms with Crippen LogP contribution in [-0.4, -0.2) is 25.7 Å². The minimum atomic E-state index is -3.52. The predicted molar refractivity (Wildman–Crippen MR) is 77.9 cm³/mol. The number of benzene rings is 1. The van der Waals surface area contributed by atoms with Crippen molar-refractivity contribution in [2.45, 2.75) is 32.3 Å². The fraction of sp³-hybridized carbons (Fsp3) is 0.429. The van der Waals surface area contributed by atoms with Crippen LogP contribution in [0.1, 0.15) is 32.3 Å². The molecular formula is C14H21NO3S. The summed E-state index contributed by atoms with van der Waals surface area (Å²) in [6, 6.07) is 9.18. The van der Waals surface area contributed by atoms with Crippen LogP contribution in [0.5, 0.6) is 0 Å². The van der Waals surface area contributed by atoms with E-state index in [-0.39, 0.29) is 6.54 Å². The van der Waals surface area contributed by atoms with E-state index in [9.17, 15) is 13.5 Å². The Morgan fingerprint density at radius 1 is 1.32 bits per heavy atom. The second-order valence-corrected chi connectivity index (χ2v) is 6.48. The van der Waals surface area contributed by atoms with Crippen molar-refractivity contribution in [2.75, 3.05) is 6.54 Å². The molecule has 0 spiro atoms. The zero-order valence-corrected chi connectivity index (χ0v) is 12.2. The molecule has 1 aromatic rings. The number of aliphatic hydroxyl groups is 1. The molecule has 1 aromatic carbocycles. The summed E-state index contributed by atoms with van der Waals surface area (Å²) in [5, 5.41) is 11.0. The first-order valence-electron chi connectivity index (χ1n) is 6.30. The van der Waals surface area contributed by atoms with Gasteiger partial charge >= 0.3 is 0 Å². The Labute approximate surface area is 115 Å². The van der Waals surface area contributed by atoms with Crippen molar-refractivity contribution in [1.29, 1.82) is 0 Å². The first kappa shape index (κ1) is 15.9. The average Bonchev–Trinajstić information content (AvgIpc) is 2.36. The van der Waals surface area contributed by atoms with Crippen LogP contribution >= 0.6 is 0 Å². The maximum Gasteiger partial charge on any atom is 0.233 e. The largest absolute Gasteiger partial charge is 0.389 e. The van der Waals surface area contributed by atoms with Crippen LogP contribution in [-0.2, 0) is 10.0 Å². The van der Waals surface area contributed by atoms with Gasteiger partial charge in [-0.15, -0.1) is 0 Å². The fourth-order valence-electron chi connectivity index (χ4n) is 1.66. The van der Waals surface area contributed by atoms with Gasteiger partial charge in [0.05, 0.1) is 5.60 Å². The number of hydrogen-bond donors (Lipinski definition) is 2. The Morgan fingerprint density at radius 2 is 1.95 bits per heavy atom. The minimum absolute atomic E-state index is 0.0162. The maximum absolute atomic E-state index is 11.7. The van der Waals surface area contributed by atoms with Gasteiger partial charge in [0, 0.05) is 12.0 Å². The van der Waals surface area contributed by atoms with E-state index in [1.165, 1.54) is 6.08 Å². The van der Waals surface area contributed by atoms with Crippen LogP contribution in [0.4, 0.5) is 0 Å². The molecule has 0 aromatic heterocycles. The summed E-state index contributed by atoms with van der Waals surface area (Å²) in [5.74, 6) is 0. The lowest BCUT2D eigenvalue weighted by atomic mass is 10.0. The number of hydrogen-bond acceptors (Lipinski definition) is 3. The van der Waals surface area contributed by atoms with E-state index in [1.807, 2.05) is 37.3 Å². The number of nitrogens with one attached hydrogen (secondary N) is 1. The van der Waals surface area contributed by atoms with Crippen molar-refractivity contribution in [3.05, 3.63) is 41.3 Å². The summed E-state index contributed by atoms with van der Waals surface area (Å²) in [5.41, 5.74) is -0.198. The quantitative estimate of drug-likeness (QED) is 0.805. The summed E-state index contributed by atoms with van der Waals surface area (Å²) < 4.78 is 25.9. The zero-order valence-electron chi connectivity index (χ0n) is 11.3. The average molecular weight is 283 g/mol. The first-order chi connectivity index (χ1) is 8.85. The molecule has 1 unspecified atom stereocenters. The molecule has 19 heavy (non-hydrogen) atoms. The van der Waals surface area contributed by atoms with Crippen molar-refractivity contribution in [3.8, 4) is 0 Å². The van der Waals surface area contributed by atoms with Gasteiger partial charge in [0.25, 0.3) is 0 Å². The molecule has 0 aliphatic heterocycles. The SMILES string of the molecule is CCCC(C)(O)CNS(=O)(=O)/C=C/c1ccccc1. The van der Waals surface area contributed by atoms with E-state index in [0.717, 1.165) is 17.4 Å². The van der Waals surface area contributed by atoms with Gasteiger partial charge in [0.1, 0.15) is 0 Å². The second kappa shape index (κ2) is 6.84. The van der Waals surface area contributed by atoms with E-state index in [4.69, 9.17) is 0 Å². The Morgan fingerprint density at radius 3 is 2.53 bits per heavy atom. The first-order valence-corrected chi connectivity index (χ1v) is 7.84. The van der Waals surface area contributed by atoms with Gasteiger partial charge in [0.15, 0.2) is 0 Å². The van der Waals surface area contributed by atoms with Gasteiger partial charge in [-0.25, -0.2) is 13.1 Å².